The Morgan fingerprint density at radius 2 is 2.05 bits per heavy atom. The minimum atomic E-state index is -0.269. The van der Waals surface area contributed by atoms with Crippen LogP contribution in [0.25, 0.3) is 0 Å². The highest BCUT2D eigenvalue weighted by molar-refractivity contribution is 5.96. The Hall–Kier alpha value is -1.85. The van der Waals surface area contributed by atoms with Crippen LogP contribution < -0.4 is 0 Å². The summed E-state index contributed by atoms with van der Waals surface area (Å²) in [5, 5.41) is 3.87. The van der Waals surface area contributed by atoms with Crippen LogP contribution in [0.15, 0.2) is 4.52 Å². The van der Waals surface area contributed by atoms with Crippen LogP contribution in [-0.4, -0.2) is 42.6 Å². The largest absolute Gasteiger partial charge is 0.469 e. The minimum absolute atomic E-state index is 0.0959. The fraction of sp³-hybridized carbons (Fsp3) is 0.643. The molecule has 1 aromatic heterocycles. The molecule has 1 amide bonds. The summed E-state index contributed by atoms with van der Waals surface area (Å²) in [5.74, 6) is 0.304. The smallest absolute Gasteiger partial charge is 0.305 e. The topological polar surface area (TPSA) is 72.6 Å². The number of methoxy groups -OCH3 is 1. The molecule has 0 fully saturated rings. The zero-order valence-electron chi connectivity index (χ0n) is 12.7. The van der Waals surface area contributed by atoms with Crippen molar-refractivity contribution in [2.75, 3.05) is 20.7 Å². The van der Waals surface area contributed by atoms with Gasteiger partial charge in [0.15, 0.2) is 5.76 Å². The third-order valence-electron chi connectivity index (χ3n) is 3.08. The number of ether oxygens (including phenoxy) is 1. The summed E-state index contributed by atoms with van der Waals surface area (Å²) in [5.41, 5.74) is 1.12. The summed E-state index contributed by atoms with van der Waals surface area (Å²) >= 11 is 0. The summed E-state index contributed by atoms with van der Waals surface area (Å²) in [6.07, 6.45) is 0.865. The lowest BCUT2D eigenvalue weighted by molar-refractivity contribution is -0.140. The van der Waals surface area contributed by atoms with E-state index in [0.29, 0.717) is 36.4 Å². The molecule has 0 saturated heterocycles. The molecule has 0 aliphatic heterocycles. The van der Waals surface area contributed by atoms with Gasteiger partial charge in [-0.1, -0.05) is 19.0 Å². The second kappa shape index (κ2) is 7.07. The third kappa shape index (κ3) is 3.82. The Morgan fingerprint density at radius 3 is 2.60 bits per heavy atom. The van der Waals surface area contributed by atoms with Crippen molar-refractivity contribution in [2.24, 2.45) is 0 Å². The Balaban J connectivity index is 2.70. The highest BCUT2D eigenvalue weighted by Gasteiger charge is 2.24. The average Bonchev–Trinajstić information content (AvgIpc) is 2.79. The molecular formula is C14H22N2O4. The highest BCUT2D eigenvalue weighted by Crippen LogP contribution is 2.23. The standard InChI is InChI=1S/C14H22N2O4/c1-9(2)13-12(10(3)15-20-13)14(18)16(4)8-6-7-11(17)19-5/h9H,6-8H2,1-5H3. The summed E-state index contributed by atoms with van der Waals surface area (Å²) in [7, 11) is 3.06. The third-order valence-corrected chi connectivity index (χ3v) is 3.08. The van der Waals surface area contributed by atoms with Gasteiger partial charge >= 0.3 is 5.97 Å². The van der Waals surface area contributed by atoms with Crippen LogP contribution in [0.5, 0.6) is 0 Å². The van der Waals surface area contributed by atoms with Crippen LogP contribution in [0.2, 0.25) is 0 Å². The van der Waals surface area contributed by atoms with E-state index in [4.69, 9.17) is 4.52 Å². The maximum Gasteiger partial charge on any atom is 0.305 e. The molecule has 6 nitrogen and oxygen atoms in total. The van der Waals surface area contributed by atoms with Gasteiger partial charge < -0.3 is 14.2 Å². The lowest BCUT2D eigenvalue weighted by Crippen LogP contribution is -2.29. The van der Waals surface area contributed by atoms with Crippen molar-refractivity contribution in [3.8, 4) is 0 Å². The van der Waals surface area contributed by atoms with E-state index in [9.17, 15) is 9.59 Å². The van der Waals surface area contributed by atoms with Gasteiger partial charge in [-0.25, -0.2) is 0 Å². The van der Waals surface area contributed by atoms with Gasteiger partial charge in [-0.15, -0.1) is 0 Å². The number of hydrogen-bond donors (Lipinski definition) is 0. The monoisotopic (exact) mass is 282 g/mol. The first kappa shape index (κ1) is 16.2. The molecule has 0 radical (unpaired) electrons. The first-order valence-electron chi connectivity index (χ1n) is 6.66. The molecule has 1 aromatic rings. The van der Waals surface area contributed by atoms with Gasteiger partial charge in [-0.3, -0.25) is 9.59 Å². The number of aromatic nitrogens is 1. The summed E-state index contributed by atoms with van der Waals surface area (Å²) < 4.78 is 9.78. The van der Waals surface area contributed by atoms with E-state index in [1.54, 1.807) is 18.9 Å². The zero-order valence-corrected chi connectivity index (χ0v) is 12.7. The predicted molar refractivity (Wildman–Crippen MR) is 73.5 cm³/mol. The molecule has 0 aliphatic rings. The van der Waals surface area contributed by atoms with Crippen LogP contribution in [-0.2, 0) is 9.53 Å². The highest BCUT2D eigenvalue weighted by atomic mass is 16.5. The Bertz CT molecular complexity index is 480. The van der Waals surface area contributed by atoms with E-state index >= 15 is 0 Å². The number of carbonyl (C=O) groups is 2. The molecule has 6 heteroatoms. The molecule has 0 unspecified atom stereocenters. The molecule has 0 aromatic carbocycles. The Kier molecular flexibility index (Phi) is 5.73. The van der Waals surface area contributed by atoms with Crippen molar-refractivity contribution in [1.29, 1.82) is 0 Å². The molecule has 112 valence electrons. The molecular weight excluding hydrogens is 260 g/mol. The van der Waals surface area contributed by atoms with Crippen LogP contribution in [0.1, 0.15) is 54.4 Å². The Morgan fingerprint density at radius 1 is 1.40 bits per heavy atom. The molecule has 1 rings (SSSR count). The molecule has 1 heterocycles. The fourth-order valence-electron chi connectivity index (χ4n) is 1.90. The van der Waals surface area contributed by atoms with Crippen molar-refractivity contribution < 1.29 is 18.8 Å². The van der Waals surface area contributed by atoms with Crippen LogP contribution in [0, 0.1) is 6.92 Å². The number of aryl methyl sites for hydroxylation is 1. The molecule has 0 aliphatic carbocycles. The van der Waals surface area contributed by atoms with Crippen molar-refractivity contribution in [3.63, 3.8) is 0 Å². The maximum atomic E-state index is 12.4. The molecule has 20 heavy (non-hydrogen) atoms. The lowest BCUT2D eigenvalue weighted by Gasteiger charge is -2.17. The van der Waals surface area contributed by atoms with E-state index in [0.717, 1.165) is 0 Å². The number of amides is 1. The van der Waals surface area contributed by atoms with Crippen LogP contribution in [0.3, 0.4) is 0 Å². The second-order valence-electron chi connectivity index (χ2n) is 5.07. The first-order valence-corrected chi connectivity index (χ1v) is 6.66. The zero-order chi connectivity index (χ0) is 15.3. The van der Waals surface area contributed by atoms with Crippen molar-refractivity contribution in [2.45, 2.75) is 39.5 Å². The summed E-state index contributed by atoms with van der Waals surface area (Å²) in [6, 6.07) is 0. The van der Waals surface area contributed by atoms with Crippen LogP contribution >= 0.6 is 0 Å². The van der Waals surface area contributed by atoms with Gasteiger partial charge in [0, 0.05) is 25.9 Å². The van der Waals surface area contributed by atoms with Crippen LogP contribution in [0.4, 0.5) is 0 Å². The Labute approximate surface area is 119 Å². The number of hydrogen-bond acceptors (Lipinski definition) is 5. The van der Waals surface area contributed by atoms with Gasteiger partial charge in [-0.2, -0.15) is 0 Å². The molecule has 0 saturated carbocycles. The molecule has 0 N–H and O–H groups in total. The van der Waals surface area contributed by atoms with E-state index in [1.807, 2.05) is 13.8 Å². The SMILES string of the molecule is COC(=O)CCCN(C)C(=O)c1c(C)noc1C(C)C. The number of carbonyl (C=O) groups excluding carboxylic acids is 2. The average molecular weight is 282 g/mol. The fourth-order valence-corrected chi connectivity index (χ4v) is 1.90. The van der Waals surface area contributed by atoms with E-state index in [-0.39, 0.29) is 17.8 Å². The quantitative estimate of drug-likeness (QED) is 0.747. The maximum absolute atomic E-state index is 12.4. The van der Waals surface area contributed by atoms with E-state index in [1.165, 1.54) is 7.11 Å². The number of nitrogens with zero attached hydrogens (tertiary/aromatic N) is 2. The first-order chi connectivity index (χ1) is 9.38. The second-order valence-corrected chi connectivity index (χ2v) is 5.07. The van der Waals surface area contributed by atoms with Gasteiger partial charge in [0.25, 0.3) is 5.91 Å². The molecule has 0 spiro atoms. The normalized spacial score (nSPS) is 10.7. The number of esters is 1. The molecule has 0 bridgehead atoms. The lowest BCUT2D eigenvalue weighted by atomic mass is 10.0. The summed E-state index contributed by atoms with van der Waals surface area (Å²) in [4.78, 5) is 25.0. The number of rotatable bonds is 6. The minimum Gasteiger partial charge on any atom is -0.469 e. The van der Waals surface area contributed by atoms with Gasteiger partial charge in [0.2, 0.25) is 0 Å². The predicted octanol–water partition coefficient (Wildman–Crippen LogP) is 2.13. The van der Waals surface area contributed by atoms with Gasteiger partial charge in [0.05, 0.1) is 12.8 Å². The van der Waals surface area contributed by atoms with E-state index in [2.05, 4.69) is 9.89 Å². The van der Waals surface area contributed by atoms with Crippen molar-refractivity contribution in [1.82, 2.24) is 10.1 Å². The van der Waals surface area contributed by atoms with Crippen molar-refractivity contribution in [3.05, 3.63) is 17.0 Å². The van der Waals surface area contributed by atoms with Crippen molar-refractivity contribution >= 4 is 11.9 Å². The van der Waals surface area contributed by atoms with Gasteiger partial charge in [-0.05, 0) is 13.3 Å². The summed E-state index contributed by atoms with van der Waals surface area (Å²) in [6.45, 7) is 6.14. The van der Waals surface area contributed by atoms with E-state index < -0.39 is 0 Å². The molecule has 0 atom stereocenters. The van der Waals surface area contributed by atoms with Gasteiger partial charge in [0.1, 0.15) is 5.56 Å².